The molecule has 3 unspecified atom stereocenters. The van der Waals surface area contributed by atoms with Gasteiger partial charge in [-0.1, -0.05) is 6.92 Å². The SMILES string of the molecule is COC1CN(C(CN)c2cnn(C(C)C)c2)CCC1C. The summed E-state index contributed by atoms with van der Waals surface area (Å²) in [7, 11) is 1.80. The van der Waals surface area contributed by atoms with E-state index in [2.05, 4.69) is 37.0 Å². The number of aromatic nitrogens is 2. The third-order valence-electron chi connectivity index (χ3n) is 4.42. The lowest BCUT2D eigenvalue weighted by Crippen LogP contribution is -2.47. The number of methoxy groups -OCH3 is 1. The maximum absolute atomic E-state index is 6.02. The summed E-state index contributed by atoms with van der Waals surface area (Å²) in [5.74, 6) is 0.619. The van der Waals surface area contributed by atoms with Crippen LogP contribution in [0, 0.1) is 5.92 Å². The van der Waals surface area contributed by atoms with Gasteiger partial charge < -0.3 is 10.5 Å². The van der Waals surface area contributed by atoms with Crippen LogP contribution in [0.2, 0.25) is 0 Å². The number of ether oxygens (including phenoxy) is 1. The van der Waals surface area contributed by atoms with Crippen LogP contribution in [0.3, 0.4) is 0 Å². The molecule has 2 heterocycles. The fraction of sp³-hybridized carbons (Fsp3) is 0.800. The van der Waals surface area contributed by atoms with Crippen LogP contribution >= 0.6 is 0 Å². The van der Waals surface area contributed by atoms with E-state index < -0.39 is 0 Å². The third-order valence-corrected chi connectivity index (χ3v) is 4.42. The van der Waals surface area contributed by atoms with Gasteiger partial charge >= 0.3 is 0 Å². The van der Waals surface area contributed by atoms with Gasteiger partial charge in [-0.25, -0.2) is 0 Å². The molecule has 1 aliphatic rings. The molecule has 0 saturated carbocycles. The highest BCUT2D eigenvalue weighted by molar-refractivity contribution is 5.12. The summed E-state index contributed by atoms with van der Waals surface area (Å²) >= 11 is 0. The Balaban J connectivity index is 2.11. The minimum Gasteiger partial charge on any atom is -0.380 e. The van der Waals surface area contributed by atoms with E-state index in [1.54, 1.807) is 7.11 Å². The van der Waals surface area contributed by atoms with Crippen molar-refractivity contribution in [1.29, 1.82) is 0 Å². The quantitative estimate of drug-likeness (QED) is 0.894. The molecule has 5 nitrogen and oxygen atoms in total. The lowest BCUT2D eigenvalue weighted by molar-refractivity contribution is -0.0183. The van der Waals surface area contributed by atoms with E-state index in [1.807, 2.05) is 10.9 Å². The molecule has 0 radical (unpaired) electrons. The van der Waals surface area contributed by atoms with E-state index in [9.17, 15) is 0 Å². The highest BCUT2D eigenvalue weighted by atomic mass is 16.5. The van der Waals surface area contributed by atoms with Gasteiger partial charge in [-0.15, -0.1) is 0 Å². The molecule has 114 valence electrons. The average molecular weight is 280 g/mol. The van der Waals surface area contributed by atoms with E-state index in [0.29, 0.717) is 24.6 Å². The number of likely N-dealkylation sites (tertiary alicyclic amines) is 1. The van der Waals surface area contributed by atoms with Crippen molar-refractivity contribution in [1.82, 2.24) is 14.7 Å². The van der Waals surface area contributed by atoms with E-state index in [1.165, 1.54) is 5.56 Å². The summed E-state index contributed by atoms with van der Waals surface area (Å²) in [6.45, 7) is 9.19. The van der Waals surface area contributed by atoms with Crippen LogP contribution in [-0.4, -0.2) is 47.5 Å². The number of piperidine rings is 1. The van der Waals surface area contributed by atoms with Gasteiger partial charge in [-0.2, -0.15) is 5.10 Å². The molecular weight excluding hydrogens is 252 g/mol. The topological polar surface area (TPSA) is 56.3 Å². The summed E-state index contributed by atoms with van der Waals surface area (Å²) in [5.41, 5.74) is 7.24. The second-order valence-electron chi connectivity index (χ2n) is 6.13. The van der Waals surface area contributed by atoms with Gasteiger partial charge in [-0.05, 0) is 32.7 Å². The predicted octanol–water partition coefficient (Wildman–Crippen LogP) is 1.82. The van der Waals surface area contributed by atoms with Crippen LogP contribution in [0.1, 0.15) is 44.8 Å². The number of rotatable bonds is 5. The van der Waals surface area contributed by atoms with Crippen LogP contribution in [-0.2, 0) is 4.74 Å². The molecule has 0 bridgehead atoms. The van der Waals surface area contributed by atoms with Crippen molar-refractivity contribution < 1.29 is 4.74 Å². The standard InChI is InChI=1S/C15H28N4O/c1-11(2)19-9-13(8-17-19)14(7-16)18-6-5-12(3)15(10-18)20-4/h8-9,11-12,14-15H,5-7,10,16H2,1-4H3. The number of nitrogens with two attached hydrogens (primary N) is 1. The van der Waals surface area contributed by atoms with E-state index >= 15 is 0 Å². The molecule has 1 aromatic rings. The van der Waals surface area contributed by atoms with Crippen LogP contribution < -0.4 is 5.73 Å². The summed E-state index contributed by atoms with van der Waals surface area (Å²) in [4.78, 5) is 2.44. The summed E-state index contributed by atoms with van der Waals surface area (Å²) < 4.78 is 7.60. The van der Waals surface area contributed by atoms with Crippen molar-refractivity contribution in [3.05, 3.63) is 18.0 Å². The molecular formula is C15H28N4O. The first kappa shape index (κ1) is 15.5. The summed E-state index contributed by atoms with van der Waals surface area (Å²) in [6.07, 6.45) is 5.55. The maximum atomic E-state index is 6.02. The molecule has 1 saturated heterocycles. The van der Waals surface area contributed by atoms with Gasteiger partial charge in [0.25, 0.3) is 0 Å². The maximum Gasteiger partial charge on any atom is 0.0724 e. The molecule has 5 heteroatoms. The first-order chi connectivity index (χ1) is 9.56. The van der Waals surface area contributed by atoms with Crippen molar-refractivity contribution in [2.75, 3.05) is 26.7 Å². The first-order valence-electron chi connectivity index (χ1n) is 7.57. The van der Waals surface area contributed by atoms with Crippen molar-refractivity contribution in [3.8, 4) is 0 Å². The zero-order valence-corrected chi connectivity index (χ0v) is 13.1. The Morgan fingerprint density at radius 3 is 2.80 bits per heavy atom. The highest BCUT2D eigenvalue weighted by Crippen LogP contribution is 2.27. The van der Waals surface area contributed by atoms with Crippen molar-refractivity contribution >= 4 is 0 Å². The van der Waals surface area contributed by atoms with Gasteiger partial charge in [0.05, 0.1) is 18.3 Å². The van der Waals surface area contributed by atoms with Crippen LogP contribution in [0.5, 0.6) is 0 Å². The minimum absolute atomic E-state index is 0.243. The normalized spacial score (nSPS) is 26.1. The van der Waals surface area contributed by atoms with Crippen LogP contribution in [0.25, 0.3) is 0 Å². The molecule has 2 rings (SSSR count). The largest absolute Gasteiger partial charge is 0.380 e. The van der Waals surface area contributed by atoms with Gasteiger partial charge in [0.2, 0.25) is 0 Å². The number of hydrogen-bond acceptors (Lipinski definition) is 4. The third kappa shape index (κ3) is 3.22. The molecule has 0 spiro atoms. The monoisotopic (exact) mass is 280 g/mol. The zero-order valence-electron chi connectivity index (χ0n) is 13.1. The Bertz CT molecular complexity index is 418. The van der Waals surface area contributed by atoms with Crippen LogP contribution in [0.4, 0.5) is 0 Å². The average Bonchev–Trinajstić information content (AvgIpc) is 2.91. The smallest absolute Gasteiger partial charge is 0.0724 e. The zero-order chi connectivity index (χ0) is 14.7. The molecule has 0 aromatic carbocycles. The molecule has 1 aliphatic heterocycles. The van der Waals surface area contributed by atoms with Gasteiger partial charge in [0, 0.05) is 38.0 Å². The Kier molecular flexibility index (Phi) is 5.18. The predicted molar refractivity (Wildman–Crippen MR) is 80.6 cm³/mol. The first-order valence-corrected chi connectivity index (χ1v) is 7.57. The summed E-state index contributed by atoms with van der Waals surface area (Å²) in [6, 6.07) is 0.628. The fourth-order valence-electron chi connectivity index (χ4n) is 2.95. The van der Waals surface area contributed by atoms with Gasteiger partial charge in [0.1, 0.15) is 0 Å². The molecule has 3 atom stereocenters. The summed E-state index contributed by atoms with van der Waals surface area (Å²) in [5, 5.41) is 4.44. The second kappa shape index (κ2) is 6.70. The minimum atomic E-state index is 0.243. The Morgan fingerprint density at radius 1 is 1.50 bits per heavy atom. The Hall–Kier alpha value is -0.910. The van der Waals surface area contributed by atoms with Crippen molar-refractivity contribution in [2.45, 2.75) is 45.4 Å². The number of nitrogens with zero attached hydrogens (tertiary/aromatic N) is 3. The second-order valence-corrected chi connectivity index (χ2v) is 6.13. The van der Waals surface area contributed by atoms with Gasteiger partial charge in [0.15, 0.2) is 0 Å². The Morgan fingerprint density at radius 2 is 2.25 bits per heavy atom. The molecule has 1 fully saturated rings. The molecule has 0 aliphatic carbocycles. The molecule has 20 heavy (non-hydrogen) atoms. The lowest BCUT2D eigenvalue weighted by Gasteiger charge is -2.40. The van der Waals surface area contributed by atoms with E-state index in [4.69, 9.17) is 10.5 Å². The molecule has 1 aromatic heterocycles. The number of hydrogen-bond donors (Lipinski definition) is 1. The highest BCUT2D eigenvalue weighted by Gasteiger charge is 2.30. The van der Waals surface area contributed by atoms with Crippen LogP contribution in [0.15, 0.2) is 12.4 Å². The molecule has 0 amide bonds. The fourth-order valence-corrected chi connectivity index (χ4v) is 2.95. The van der Waals surface area contributed by atoms with Crippen molar-refractivity contribution in [3.63, 3.8) is 0 Å². The van der Waals surface area contributed by atoms with Crippen molar-refractivity contribution in [2.24, 2.45) is 11.7 Å². The Labute approximate surface area is 122 Å². The molecule has 2 N–H and O–H groups in total. The lowest BCUT2D eigenvalue weighted by atomic mass is 9.94. The van der Waals surface area contributed by atoms with E-state index in [0.717, 1.165) is 19.5 Å². The van der Waals surface area contributed by atoms with E-state index in [-0.39, 0.29) is 6.04 Å². The van der Waals surface area contributed by atoms with Gasteiger partial charge in [-0.3, -0.25) is 9.58 Å².